The van der Waals surface area contributed by atoms with E-state index in [0.29, 0.717) is 57.3 Å². The van der Waals surface area contributed by atoms with Crippen LogP contribution in [0.5, 0.6) is 11.5 Å². The lowest BCUT2D eigenvalue weighted by molar-refractivity contribution is -0.670. The molecule has 89 heavy (non-hydrogen) atoms. The molecule has 0 spiro atoms. The zero-order chi connectivity index (χ0) is 63.4. The third-order valence-electron chi connectivity index (χ3n) is 14.7. The first-order valence-electron chi connectivity index (χ1n) is 28.0. The maximum absolute atomic E-state index is 13.6. The van der Waals surface area contributed by atoms with Gasteiger partial charge in [-0.05, 0) is 112 Å². The predicted octanol–water partition coefficient (Wildman–Crippen LogP) is 7.34. The predicted molar refractivity (Wildman–Crippen MR) is 336 cm³/mol. The minimum atomic E-state index is -6.09. The summed E-state index contributed by atoms with van der Waals surface area (Å²) in [5.74, 6) is 0.661. The summed E-state index contributed by atoms with van der Waals surface area (Å²) >= 11 is 12.2. The van der Waals surface area contributed by atoms with Gasteiger partial charge in [0.25, 0.3) is 6.33 Å². The van der Waals surface area contributed by atoms with Crippen molar-refractivity contribution in [3.05, 3.63) is 171 Å². The number of alkyl halides is 3. The van der Waals surface area contributed by atoms with Gasteiger partial charge >= 0.3 is 37.0 Å². The van der Waals surface area contributed by atoms with Gasteiger partial charge in [-0.2, -0.15) is 53.9 Å². The van der Waals surface area contributed by atoms with Gasteiger partial charge < -0.3 is 29.1 Å². The third-order valence-corrected chi connectivity index (χ3v) is 19.3. The second-order valence-electron chi connectivity index (χ2n) is 20.7. The van der Waals surface area contributed by atoms with E-state index in [-0.39, 0.29) is 54.6 Å². The highest BCUT2D eigenvalue weighted by Crippen LogP contribution is 2.33. The van der Waals surface area contributed by atoms with Crippen LogP contribution in [0.3, 0.4) is 0 Å². The fraction of sp³-hybridized carbons (Fsp3) is 0.386. The van der Waals surface area contributed by atoms with Crippen LogP contribution in [0.25, 0.3) is 11.4 Å². The van der Waals surface area contributed by atoms with Gasteiger partial charge in [0.05, 0.1) is 54.4 Å². The highest BCUT2D eigenvalue weighted by atomic mass is 35.5. The molecule has 32 heteroatoms. The Morgan fingerprint density at radius 3 is 1.40 bits per heavy atom. The molecule has 5 heterocycles. The summed E-state index contributed by atoms with van der Waals surface area (Å²) in [4.78, 5) is 31.0. The van der Waals surface area contributed by atoms with Gasteiger partial charge in [-0.25, -0.2) is 17.3 Å². The average Bonchev–Trinajstić information content (AvgIpc) is 1.36. The lowest BCUT2D eigenvalue weighted by Gasteiger charge is -2.37. The molecule has 4 aromatic carbocycles. The molecule has 2 saturated heterocycles. The molecule has 2 aliphatic heterocycles. The molecule has 0 bridgehead atoms. The third kappa shape index (κ3) is 17.7. The minimum absolute atomic E-state index is 0. The van der Waals surface area contributed by atoms with Crippen molar-refractivity contribution >= 4 is 88.9 Å². The van der Waals surface area contributed by atoms with Crippen LogP contribution in [0.1, 0.15) is 51.4 Å². The van der Waals surface area contributed by atoms with Crippen LogP contribution in [0, 0.1) is 0 Å². The molecule has 0 atom stereocenters. The molecule has 1 N–H and O–H groups in total. The molecule has 482 valence electrons. The molecule has 4 fully saturated rings. The Hall–Kier alpha value is -6.96. The van der Waals surface area contributed by atoms with Crippen LogP contribution in [0.4, 0.5) is 35.9 Å². The van der Waals surface area contributed by atoms with Crippen LogP contribution in [-0.4, -0.2) is 142 Å². The van der Waals surface area contributed by atoms with Gasteiger partial charge in [0, 0.05) is 76.5 Å². The van der Waals surface area contributed by atoms with Crippen LogP contribution in [0.15, 0.2) is 150 Å². The van der Waals surface area contributed by atoms with E-state index in [1.807, 2.05) is 41.3 Å². The van der Waals surface area contributed by atoms with Crippen molar-refractivity contribution in [2.45, 2.75) is 69.1 Å². The summed E-state index contributed by atoms with van der Waals surface area (Å²) in [6, 6.07) is 32.1. The Morgan fingerprint density at radius 2 is 1.02 bits per heavy atom. The number of nitrogens with one attached hydrogen (secondary N) is 1. The van der Waals surface area contributed by atoms with E-state index in [1.54, 1.807) is 110 Å². The van der Waals surface area contributed by atoms with Crippen molar-refractivity contribution < 1.29 is 57.0 Å². The summed E-state index contributed by atoms with van der Waals surface area (Å²) in [5.41, 5.74) is -2.42. The van der Waals surface area contributed by atoms with E-state index in [0.717, 1.165) is 83.2 Å². The number of rotatable bonds is 14. The van der Waals surface area contributed by atoms with E-state index >= 15 is 0 Å². The van der Waals surface area contributed by atoms with Crippen molar-refractivity contribution in [3.8, 4) is 22.9 Å². The van der Waals surface area contributed by atoms with Crippen LogP contribution in [0.2, 0.25) is 10.0 Å². The zero-order valence-corrected chi connectivity index (χ0v) is 53.5. The van der Waals surface area contributed by atoms with Gasteiger partial charge in [-0.15, -0.1) is 16.4 Å². The summed E-state index contributed by atoms with van der Waals surface area (Å²) in [5, 5.41) is 13.2. The monoisotopic (exact) mass is 1350 g/mol. The number of aromatic nitrogens is 6. The Labute approximate surface area is 530 Å². The van der Waals surface area contributed by atoms with E-state index in [4.69, 9.17) is 45.6 Å². The SMILES string of the molecule is CN(c1ccccc1)S(=O)(=O)N1CCN(c2cnn(-c3cccc(Cl)c3)c(=O)c2OC2CCCC2)CC1.CN(c1ccccc1)S(=O)(=O)n1cc[n+](C)c1.Cl.O=S(=O)([O-])C(F)(F)F.O=c1c(OC2CCCC2)c(N2CCNCC2)cnn1-c1cccc(Cl)c1. The van der Waals surface area contributed by atoms with Crippen LogP contribution >= 0.6 is 35.6 Å². The number of para-hydroxylation sites is 2. The standard InChI is InChI=1S/C26H30ClN5O4S.C19H23ClN4O2.C11H14N3O2S.CHF3O3S.ClH/c1-29(21-9-3-2-4-10-21)37(34,35)31-16-14-30(15-17-31)24-19-28-32(22-11-7-8-20(27)18-22)26(33)25(24)36-23-12-5-6-13-23;20-14-4-3-5-15(12-14)24-19(25)18(26-16-6-1-2-7-16)17(13-22-24)23-10-8-21-9-11-23;1-12-8-9-14(10-12)17(15,16)13(2)11-6-4-3-5-7-11;2-1(3,4)8(5,6)7;/h2-4,7-11,18-19,23H,5-6,12-17H2,1H3;3-5,12-13,16,21H,1-2,6-11H2;3-10H,1-2H3;(H,5,6,7);1H/q;;+1;;/p-1. The first-order chi connectivity index (χ1) is 41.8. The molecule has 23 nitrogen and oxygen atoms in total. The largest absolute Gasteiger partial charge is 0.741 e. The van der Waals surface area contributed by atoms with Crippen molar-refractivity contribution in [3.63, 3.8) is 0 Å². The number of halogens is 6. The number of aryl methyl sites for hydroxylation is 1. The molecule has 0 amide bonds. The molecular weight excluding hydrogens is 1290 g/mol. The number of hydrogen-bond acceptors (Lipinski definition) is 16. The maximum Gasteiger partial charge on any atom is 0.485 e. The van der Waals surface area contributed by atoms with E-state index in [2.05, 4.69) is 20.4 Å². The second-order valence-corrected chi connectivity index (χ2v) is 26.8. The number of piperazine rings is 2. The minimum Gasteiger partial charge on any atom is -0.741 e. The van der Waals surface area contributed by atoms with Gasteiger partial charge in [0.2, 0.25) is 11.5 Å². The van der Waals surface area contributed by atoms with Crippen molar-refractivity contribution in [1.82, 2.24) is 33.2 Å². The highest BCUT2D eigenvalue weighted by Gasteiger charge is 2.37. The highest BCUT2D eigenvalue weighted by molar-refractivity contribution is 7.91. The number of benzene rings is 4. The quantitative estimate of drug-likeness (QED) is 0.0635. The van der Waals surface area contributed by atoms with Gasteiger partial charge in [0.15, 0.2) is 10.1 Å². The Bertz CT molecular complexity index is 3950. The average molecular weight is 1360 g/mol. The summed E-state index contributed by atoms with van der Waals surface area (Å²) in [6.07, 6.45) is 16.4. The molecule has 4 aliphatic rings. The topological polar surface area (TPSA) is 251 Å². The fourth-order valence-corrected chi connectivity index (χ4v) is 12.8. The van der Waals surface area contributed by atoms with E-state index in [9.17, 15) is 39.6 Å². The summed E-state index contributed by atoms with van der Waals surface area (Å²) in [7, 11) is -8.46. The smallest absolute Gasteiger partial charge is 0.485 e. The summed E-state index contributed by atoms with van der Waals surface area (Å²) < 4.78 is 132. The zero-order valence-electron chi connectivity index (χ0n) is 48.7. The Morgan fingerprint density at radius 1 is 0.618 bits per heavy atom. The number of anilines is 4. The van der Waals surface area contributed by atoms with Crippen LogP contribution < -0.4 is 48.9 Å². The first kappa shape index (κ1) is 69.5. The molecule has 2 aliphatic carbocycles. The Balaban J connectivity index is 0.000000188. The number of nitrogens with zero attached hydrogens (tertiary/aromatic N) is 11. The second kappa shape index (κ2) is 30.7. The van der Waals surface area contributed by atoms with Gasteiger partial charge in [-0.1, -0.05) is 71.7 Å². The van der Waals surface area contributed by atoms with Crippen LogP contribution in [-0.2, 0) is 37.6 Å². The van der Waals surface area contributed by atoms with Gasteiger partial charge in [-0.3, -0.25) is 13.9 Å². The maximum atomic E-state index is 13.6. The molecule has 3 aromatic heterocycles. The lowest BCUT2D eigenvalue weighted by Crippen LogP contribution is -2.52. The normalized spacial score (nSPS) is 15.9. The number of imidazole rings is 1. The first-order valence-corrected chi connectivity index (χ1v) is 33.0. The van der Waals surface area contributed by atoms with Crippen molar-refractivity contribution in [2.24, 2.45) is 7.05 Å². The number of ether oxygens (including phenoxy) is 2. The summed E-state index contributed by atoms with van der Waals surface area (Å²) in [6.45, 7) is 4.82. The molecule has 2 saturated carbocycles. The van der Waals surface area contributed by atoms with Crippen molar-refractivity contribution in [1.29, 1.82) is 0 Å². The van der Waals surface area contributed by atoms with E-state index in [1.165, 1.54) is 45.8 Å². The molecular formula is C57H68Cl3F3N12O11S3. The molecule has 11 rings (SSSR count). The number of hydrogen-bond donors (Lipinski definition) is 1. The lowest BCUT2D eigenvalue weighted by atomic mass is 10.2. The van der Waals surface area contributed by atoms with Gasteiger partial charge in [0.1, 0.15) is 23.8 Å². The molecule has 7 aromatic rings. The molecule has 0 radical (unpaired) electrons. The molecule has 0 unspecified atom stereocenters. The Kier molecular flexibility index (Phi) is 24.0. The van der Waals surface area contributed by atoms with Crippen molar-refractivity contribution in [2.75, 3.05) is 84.9 Å². The fourth-order valence-electron chi connectivity index (χ4n) is 9.95. The van der Waals surface area contributed by atoms with E-state index < -0.39 is 36.0 Å².